The molecule has 2 aliphatic rings. The van der Waals surface area contributed by atoms with Crippen molar-refractivity contribution >= 4 is 17.4 Å². The molecule has 1 aromatic carbocycles. The summed E-state index contributed by atoms with van der Waals surface area (Å²) in [5, 5.41) is 3.69. The van der Waals surface area contributed by atoms with Gasteiger partial charge in [-0.25, -0.2) is 0 Å². The highest BCUT2D eigenvalue weighted by molar-refractivity contribution is 8.00. The van der Waals surface area contributed by atoms with E-state index in [1.54, 1.807) is 0 Å². The average molecular weight is 305 g/mol. The van der Waals surface area contributed by atoms with E-state index in [4.69, 9.17) is 0 Å². The van der Waals surface area contributed by atoms with Gasteiger partial charge in [0.25, 0.3) is 0 Å². The highest BCUT2D eigenvalue weighted by Crippen LogP contribution is 2.39. The number of benzene rings is 1. The molecule has 0 unspecified atom stereocenters. The molecule has 0 aromatic heterocycles. The number of hydrogen-bond donors (Lipinski definition) is 1. The molecule has 21 heavy (non-hydrogen) atoms. The minimum absolute atomic E-state index is 0.509. The van der Waals surface area contributed by atoms with Crippen LogP contribution >= 0.6 is 11.8 Å². The van der Waals surface area contributed by atoms with Gasteiger partial charge in [-0.3, -0.25) is 0 Å². The minimum Gasteiger partial charge on any atom is -0.372 e. The SMILES string of the molecule is CSC1(CNCc2ccc(N3CCCC3)cc2)CCCC1. The van der Waals surface area contributed by atoms with Gasteiger partial charge in [-0.15, -0.1) is 0 Å². The van der Waals surface area contributed by atoms with Gasteiger partial charge < -0.3 is 10.2 Å². The lowest BCUT2D eigenvalue weighted by molar-refractivity contribution is 0.534. The van der Waals surface area contributed by atoms with Crippen molar-refractivity contribution in [2.24, 2.45) is 0 Å². The van der Waals surface area contributed by atoms with Crippen molar-refractivity contribution in [1.82, 2.24) is 5.32 Å². The van der Waals surface area contributed by atoms with Crippen LogP contribution in [0.4, 0.5) is 5.69 Å². The summed E-state index contributed by atoms with van der Waals surface area (Å²) in [6.07, 6.45) is 10.6. The zero-order chi connectivity index (χ0) is 14.5. The molecule has 1 N–H and O–H groups in total. The number of nitrogens with one attached hydrogen (secondary N) is 1. The Hall–Kier alpha value is -0.670. The van der Waals surface area contributed by atoms with Crippen molar-refractivity contribution in [3.05, 3.63) is 29.8 Å². The fourth-order valence-electron chi connectivity index (χ4n) is 3.71. The number of thioether (sulfide) groups is 1. The second-order valence-corrected chi connectivity index (χ2v) is 7.83. The Morgan fingerprint density at radius 3 is 2.33 bits per heavy atom. The lowest BCUT2D eigenvalue weighted by Crippen LogP contribution is -2.34. The zero-order valence-corrected chi connectivity index (χ0v) is 14.1. The van der Waals surface area contributed by atoms with Gasteiger partial charge in [0, 0.05) is 36.6 Å². The molecule has 3 heteroatoms. The molecule has 1 saturated carbocycles. The molecule has 3 rings (SSSR count). The first-order valence-corrected chi connectivity index (χ1v) is 9.64. The molecule has 1 saturated heterocycles. The highest BCUT2D eigenvalue weighted by Gasteiger charge is 2.32. The van der Waals surface area contributed by atoms with E-state index in [2.05, 4.69) is 52.5 Å². The van der Waals surface area contributed by atoms with E-state index >= 15 is 0 Å². The fourth-order valence-corrected chi connectivity index (χ4v) is 4.65. The van der Waals surface area contributed by atoms with Crippen molar-refractivity contribution < 1.29 is 0 Å². The van der Waals surface area contributed by atoms with Crippen molar-refractivity contribution in [1.29, 1.82) is 0 Å². The fraction of sp³-hybridized carbons (Fsp3) is 0.667. The van der Waals surface area contributed by atoms with Crippen LogP contribution in [0.2, 0.25) is 0 Å². The summed E-state index contributed by atoms with van der Waals surface area (Å²) in [5.41, 5.74) is 2.81. The smallest absolute Gasteiger partial charge is 0.0366 e. The van der Waals surface area contributed by atoms with Gasteiger partial charge in [-0.2, -0.15) is 11.8 Å². The van der Waals surface area contributed by atoms with Crippen molar-refractivity contribution in [2.75, 3.05) is 30.8 Å². The summed E-state index contributed by atoms with van der Waals surface area (Å²) in [6.45, 7) is 4.62. The van der Waals surface area contributed by atoms with Crippen molar-refractivity contribution in [2.45, 2.75) is 49.8 Å². The summed E-state index contributed by atoms with van der Waals surface area (Å²) in [6, 6.07) is 9.17. The Balaban J connectivity index is 1.49. The van der Waals surface area contributed by atoms with Gasteiger partial charge in [0.2, 0.25) is 0 Å². The summed E-state index contributed by atoms with van der Waals surface area (Å²) < 4.78 is 0.509. The number of nitrogens with zero attached hydrogens (tertiary/aromatic N) is 1. The molecule has 1 aliphatic heterocycles. The summed E-state index contributed by atoms with van der Waals surface area (Å²) in [5.74, 6) is 0. The van der Waals surface area contributed by atoms with Crippen LogP contribution in [0.1, 0.15) is 44.1 Å². The molecular weight excluding hydrogens is 276 g/mol. The van der Waals surface area contributed by atoms with E-state index in [0.29, 0.717) is 4.75 Å². The molecule has 0 radical (unpaired) electrons. The third-order valence-electron chi connectivity index (χ3n) is 5.13. The third-order valence-corrected chi connectivity index (χ3v) is 6.55. The quantitative estimate of drug-likeness (QED) is 0.853. The second-order valence-electron chi connectivity index (χ2n) is 6.56. The molecule has 0 bridgehead atoms. The van der Waals surface area contributed by atoms with Crippen LogP contribution in [-0.2, 0) is 6.54 Å². The van der Waals surface area contributed by atoms with Gasteiger partial charge in [0.1, 0.15) is 0 Å². The average Bonchev–Trinajstić information content (AvgIpc) is 3.20. The predicted octanol–water partition coefficient (Wildman–Crippen LogP) is 4.05. The molecule has 0 amide bonds. The summed E-state index contributed by atoms with van der Waals surface area (Å²) in [7, 11) is 0. The Labute approximate surface area is 133 Å². The van der Waals surface area contributed by atoms with Gasteiger partial charge >= 0.3 is 0 Å². The summed E-state index contributed by atoms with van der Waals surface area (Å²) in [4.78, 5) is 2.50. The predicted molar refractivity (Wildman–Crippen MR) is 94.3 cm³/mol. The number of hydrogen-bond acceptors (Lipinski definition) is 3. The molecular formula is C18H28N2S. The third kappa shape index (κ3) is 3.75. The normalized spacial score (nSPS) is 21.1. The molecule has 2 fully saturated rings. The van der Waals surface area contributed by atoms with Crippen LogP contribution in [0.15, 0.2) is 24.3 Å². The molecule has 1 aliphatic carbocycles. The van der Waals surface area contributed by atoms with E-state index < -0.39 is 0 Å². The van der Waals surface area contributed by atoms with Crippen LogP contribution < -0.4 is 10.2 Å². The van der Waals surface area contributed by atoms with Gasteiger partial charge in [0.05, 0.1) is 0 Å². The van der Waals surface area contributed by atoms with Crippen LogP contribution in [0.3, 0.4) is 0 Å². The molecule has 0 atom stereocenters. The van der Waals surface area contributed by atoms with E-state index in [1.165, 1.54) is 62.9 Å². The first kappa shape index (κ1) is 15.2. The van der Waals surface area contributed by atoms with Crippen LogP contribution in [0.25, 0.3) is 0 Å². The second kappa shape index (κ2) is 7.06. The standard InChI is InChI=1S/C18H28N2S/c1-21-18(10-2-3-11-18)15-19-14-16-6-8-17(9-7-16)20-12-4-5-13-20/h6-9,19H,2-5,10-15H2,1H3. The number of rotatable bonds is 6. The topological polar surface area (TPSA) is 15.3 Å². The van der Waals surface area contributed by atoms with E-state index in [-0.39, 0.29) is 0 Å². The Kier molecular flexibility index (Phi) is 5.12. The van der Waals surface area contributed by atoms with E-state index in [0.717, 1.165) is 13.1 Å². The van der Waals surface area contributed by atoms with Crippen LogP contribution in [0, 0.1) is 0 Å². The highest BCUT2D eigenvalue weighted by atomic mass is 32.2. The Morgan fingerprint density at radius 1 is 1.05 bits per heavy atom. The first-order valence-electron chi connectivity index (χ1n) is 8.41. The number of anilines is 1. The summed E-state index contributed by atoms with van der Waals surface area (Å²) >= 11 is 2.07. The zero-order valence-electron chi connectivity index (χ0n) is 13.2. The van der Waals surface area contributed by atoms with E-state index in [1.807, 2.05) is 0 Å². The Bertz CT molecular complexity index is 431. The van der Waals surface area contributed by atoms with Crippen molar-refractivity contribution in [3.63, 3.8) is 0 Å². The lowest BCUT2D eigenvalue weighted by atomic mass is 10.1. The lowest BCUT2D eigenvalue weighted by Gasteiger charge is -2.27. The monoisotopic (exact) mass is 304 g/mol. The van der Waals surface area contributed by atoms with Gasteiger partial charge in [-0.05, 0) is 49.6 Å². The maximum Gasteiger partial charge on any atom is 0.0366 e. The van der Waals surface area contributed by atoms with Crippen LogP contribution in [-0.4, -0.2) is 30.6 Å². The molecule has 116 valence electrons. The van der Waals surface area contributed by atoms with Gasteiger partial charge in [-0.1, -0.05) is 25.0 Å². The molecule has 1 heterocycles. The maximum atomic E-state index is 3.69. The van der Waals surface area contributed by atoms with Crippen molar-refractivity contribution in [3.8, 4) is 0 Å². The largest absolute Gasteiger partial charge is 0.372 e. The molecule has 1 aromatic rings. The molecule has 0 spiro atoms. The first-order chi connectivity index (χ1) is 10.3. The Morgan fingerprint density at radius 2 is 1.71 bits per heavy atom. The van der Waals surface area contributed by atoms with Crippen LogP contribution in [0.5, 0.6) is 0 Å². The van der Waals surface area contributed by atoms with Gasteiger partial charge in [0.15, 0.2) is 0 Å². The minimum atomic E-state index is 0.509. The molecule has 2 nitrogen and oxygen atoms in total. The van der Waals surface area contributed by atoms with E-state index in [9.17, 15) is 0 Å². The maximum absolute atomic E-state index is 3.69.